The van der Waals surface area contributed by atoms with E-state index in [1.54, 1.807) is 7.11 Å². The van der Waals surface area contributed by atoms with Crippen LogP contribution in [-0.2, 0) is 10.2 Å². The van der Waals surface area contributed by atoms with Crippen LogP contribution in [0.1, 0.15) is 29.5 Å². The van der Waals surface area contributed by atoms with Gasteiger partial charge in [0.2, 0.25) is 0 Å². The molecule has 0 radical (unpaired) electrons. The normalized spacial score (nSPS) is 21.0. The predicted octanol–water partition coefficient (Wildman–Crippen LogP) is 2.33. The molecule has 0 aromatic heterocycles. The molecule has 3 nitrogen and oxygen atoms in total. The van der Waals surface area contributed by atoms with E-state index < -0.39 is 0 Å². The number of nitrogens with one attached hydrogen (secondary N) is 1. The molecule has 0 spiro atoms. The van der Waals surface area contributed by atoms with E-state index in [9.17, 15) is 0 Å². The Morgan fingerprint density at radius 1 is 1.32 bits per heavy atom. The third kappa shape index (κ3) is 2.37. The van der Waals surface area contributed by atoms with Crippen LogP contribution < -0.4 is 10.1 Å². The molecule has 2 aliphatic rings. The molecule has 0 amide bonds. The first-order chi connectivity index (χ1) is 9.14. The van der Waals surface area contributed by atoms with Gasteiger partial charge in [-0.2, -0.15) is 0 Å². The van der Waals surface area contributed by atoms with E-state index in [1.165, 1.54) is 29.5 Å². The van der Waals surface area contributed by atoms with Crippen molar-refractivity contribution < 1.29 is 9.47 Å². The largest absolute Gasteiger partial charge is 0.496 e. The summed E-state index contributed by atoms with van der Waals surface area (Å²) in [6, 6.07) is 5.11. The van der Waals surface area contributed by atoms with E-state index in [0.29, 0.717) is 0 Å². The summed E-state index contributed by atoms with van der Waals surface area (Å²) in [5.74, 6) is 1.01. The summed E-state index contributed by atoms with van der Waals surface area (Å²) in [7, 11) is 1.76. The zero-order valence-electron chi connectivity index (χ0n) is 12.1. The van der Waals surface area contributed by atoms with Crippen LogP contribution in [0.2, 0.25) is 0 Å². The standard InChI is InChI=1S/C16H23NO2/c1-11-6-12(2)15(14(7-11)18-3)16(9-19-10-16)8-17-13-4-5-13/h6-7,13,17H,4-5,8-10H2,1-3H3. The molecule has 3 rings (SSSR count). The zero-order valence-corrected chi connectivity index (χ0v) is 12.1. The SMILES string of the molecule is COc1cc(C)cc(C)c1C1(CNC2CC2)COC1. The average Bonchev–Trinajstić information content (AvgIpc) is 3.13. The van der Waals surface area contributed by atoms with E-state index in [0.717, 1.165) is 31.5 Å². The van der Waals surface area contributed by atoms with Gasteiger partial charge in [0, 0.05) is 18.2 Å². The minimum atomic E-state index is 0.103. The molecule has 0 atom stereocenters. The molecule has 1 N–H and O–H groups in total. The summed E-state index contributed by atoms with van der Waals surface area (Å²) in [6.45, 7) is 6.89. The van der Waals surface area contributed by atoms with E-state index in [4.69, 9.17) is 9.47 Å². The number of ether oxygens (including phenoxy) is 2. The molecule has 19 heavy (non-hydrogen) atoms. The van der Waals surface area contributed by atoms with Crippen molar-refractivity contribution in [1.29, 1.82) is 0 Å². The minimum absolute atomic E-state index is 0.103. The molecule has 1 saturated heterocycles. The molecule has 2 fully saturated rings. The molecule has 0 unspecified atom stereocenters. The lowest BCUT2D eigenvalue weighted by molar-refractivity contribution is -0.0603. The lowest BCUT2D eigenvalue weighted by atomic mass is 9.75. The first kappa shape index (κ1) is 12.9. The number of rotatable bonds is 5. The Balaban J connectivity index is 1.93. The van der Waals surface area contributed by atoms with E-state index >= 15 is 0 Å². The van der Waals surface area contributed by atoms with Crippen LogP contribution in [0, 0.1) is 13.8 Å². The molecule has 1 aliphatic heterocycles. The average molecular weight is 261 g/mol. The number of benzene rings is 1. The Morgan fingerprint density at radius 3 is 2.58 bits per heavy atom. The number of hydrogen-bond acceptors (Lipinski definition) is 3. The van der Waals surface area contributed by atoms with Gasteiger partial charge < -0.3 is 14.8 Å². The highest BCUT2D eigenvalue weighted by atomic mass is 16.5. The highest BCUT2D eigenvalue weighted by Crippen LogP contribution is 2.41. The molecule has 0 bridgehead atoms. The molecule has 3 heteroatoms. The minimum Gasteiger partial charge on any atom is -0.496 e. The van der Waals surface area contributed by atoms with Crippen molar-refractivity contribution in [1.82, 2.24) is 5.32 Å². The Hall–Kier alpha value is -1.06. The topological polar surface area (TPSA) is 30.5 Å². The van der Waals surface area contributed by atoms with E-state index in [2.05, 4.69) is 31.3 Å². The van der Waals surface area contributed by atoms with Gasteiger partial charge in [-0.3, -0.25) is 0 Å². The first-order valence-corrected chi connectivity index (χ1v) is 7.11. The van der Waals surface area contributed by atoms with Gasteiger partial charge in [-0.05, 0) is 43.9 Å². The summed E-state index contributed by atoms with van der Waals surface area (Å²) in [4.78, 5) is 0. The van der Waals surface area contributed by atoms with Crippen LogP contribution in [0.5, 0.6) is 5.75 Å². The second kappa shape index (κ2) is 4.80. The summed E-state index contributed by atoms with van der Waals surface area (Å²) in [6.07, 6.45) is 2.64. The van der Waals surface area contributed by atoms with E-state index in [1.807, 2.05) is 0 Å². The summed E-state index contributed by atoms with van der Waals surface area (Å²) in [5.41, 5.74) is 4.01. The van der Waals surface area contributed by atoms with Gasteiger partial charge in [-0.1, -0.05) is 6.07 Å². The maximum Gasteiger partial charge on any atom is 0.123 e. The van der Waals surface area contributed by atoms with Gasteiger partial charge in [0.1, 0.15) is 5.75 Å². The van der Waals surface area contributed by atoms with Gasteiger partial charge in [0.05, 0.1) is 25.7 Å². The first-order valence-electron chi connectivity index (χ1n) is 7.11. The molecule has 1 aromatic rings. The Morgan fingerprint density at radius 2 is 2.05 bits per heavy atom. The zero-order chi connectivity index (χ0) is 13.5. The van der Waals surface area contributed by atoms with Gasteiger partial charge in [0.25, 0.3) is 0 Å². The lowest BCUT2D eigenvalue weighted by Gasteiger charge is -2.43. The fourth-order valence-electron chi connectivity index (χ4n) is 3.08. The van der Waals surface area contributed by atoms with Crippen molar-refractivity contribution in [2.24, 2.45) is 0 Å². The van der Waals surface area contributed by atoms with Crippen LogP contribution in [0.25, 0.3) is 0 Å². The van der Waals surface area contributed by atoms with Crippen molar-refractivity contribution in [3.05, 3.63) is 28.8 Å². The highest BCUT2D eigenvalue weighted by Gasteiger charge is 2.44. The Kier molecular flexibility index (Phi) is 3.27. The van der Waals surface area contributed by atoms with E-state index in [-0.39, 0.29) is 5.41 Å². The summed E-state index contributed by atoms with van der Waals surface area (Å²) < 4.78 is 11.2. The third-order valence-electron chi connectivity index (χ3n) is 4.26. The van der Waals surface area contributed by atoms with Crippen LogP contribution in [0.15, 0.2) is 12.1 Å². The van der Waals surface area contributed by atoms with Crippen molar-refractivity contribution in [3.63, 3.8) is 0 Å². The fourth-order valence-corrected chi connectivity index (χ4v) is 3.08. The van der Waals surface area contributed by atoms with Crippen LogP contribution in [0.3, 0.4) is 0 Å². The fraction of sp³-hybridized carbons (Fsp3) is 0.625. The molecular formula is C16H23NO2. The Bertz CT molecular complexity index is 476. The molecular weight excluding hydrogens is 238 g/mol. The van der Waals surface area contributed by atoms with Gasteiger partial charge in [-0.25, -0.2) is 0 Å². The smallest absolute Gasteiger partial charge is 0.123 e. The maximum absolute atomic E-state index is 5.63. The third-order valence-corrected chi connectivity index (χ3v) is 4.26. The van der Waals surface area contributed by atoms with Crippen molar-refractivity contribution in [2.75, 3.05) is 26.9 Å². The highest BCUT2D eigenvalue weighted by molar-refractivity contribution is 5.49. The van der Waals surface area contributed by atoms with Crippen molar-refractivity contribution in [2.45, 2.75) is 38.1 Å². The van der Waals surface area contributed by atoms with Gasteiger partial charge in [0.15, 0.2) is 0 Å². The monoisotopic (exact) mass is 261 g/mol. The second-order valence-corrected chi connectivity index (χ2v) is 6.09. The molecule has 1 aromatic carbocycles. The lowest BCUT2D eigenvalue weighted by Crippen LogP contribution is -2.54. The number of hydrogen-bond donors (Lipinski definition) is 1. The summed E-state index contributed by atoms with van der Waals surface area (Å²) >= 11 is 0. The molecule has 1 heterocycles. The quantitative estimate of drug-likeness (QED) is 0.882. The molecule has 1 aliphatic carbocycles. The van der Waals surface area contributed by atoms with Crippen LogP contribution in [-0.4, -0.2) is 32.9 Å². The van der Waals surface area contributed by atoms with Gasteiger partial charge >= 0.3 is 0 Å². The molecule has 1 saturated carbocycles. The predicted molar refractivity (Wildman–Crippen MR) is 76.0 cm³/mol. The second-order valence-electron chi connectivity index (χ2n) is 6.09. The number of methoxy groups -OCH3 is 1. The summed E-state index contributed by atoms with van der Waals surface area (Å²) in [5, 5.41) is 3.66. The van der Waals surface area contributed by atoms with Crippen molar-refractivity contribution in [3.8, 4) is 5.75 Å². The van der Waals surface area contributed by atoms with Gasteiger partial charge in [-0.15, -0.1) is 0 Å². The maximum atomic E-state index is 5.63. The molecule has 104 valence electrons. The Labute approximate surface area is 115 Å². The number of aryl methyl sites for hydroxylation is 2. The van der Waals surface area contributed by atoms with Crippen molar-refractivity contribution >= 4 is 0 Å². The van der Waals surface area contributed by atoms with Crippen LogP contribution >= 0.6 is 0 Å². The van der Waals surface area contributed by atoms with Crippen LogP contribution in [0.4, 0.5) is 0 Å².